The van der Waals surface area contributed by atoms with Gasteiger partial charge in [0.2, 0.25) is 5.91 Å². The van der Waals surface area contributed by atoms with Crippen LogP contribution in [0, 0.1) is 18.3 Å². The first-order valence-electron chi connectivity index (χ1n) is 7.41. The molecule has 0 saturated heterocycles. The van der Waals surface area contributed by atoms with E-state index in [1.165, 1.54) is 6.08 Å². The van der Waals surface area contributed by atoms with Gasteiger partial charge in [-0.2, -0.15) is 5.26 Å². The maximum absolute atomic E-state index is 12.0. The molecule has 0 heterocycles. The Bertz CT molecular complexity index is 774. The zero-order valence-electron chi connectivity index (χ0n) is 13.3. The second-order valence-electron chi connectivity index (χ2n) is 5.15. The van der Waals surface area contributed by atoms with Crippen molar-refractivity contribution in [2.45, 2.75) is 13.5 Å². The van der Waals surface area contributed by atoms with E-state index in [-0.39, 0.29) is 19.1 Å². The van der Waals surface area contributed by atoms with Gasteiger partial charge in [-0.15, -0.1) is 0 Å². The van der Waals surface area contributed by atoms with Crippen LogP contribution in [0.3, 0.4) is 0 Å². The summed E-state index contributed by atoms with van der Waals surface area (Å²) in [6.45, 7) is 1.82. The number of nitrogens with zero attached hydrogens (tertiary/aromatic N) is 1. The molecule has 2 aromatic carbocycles. The molecule has 2 rings (SSSR count). The average molecular weight is 322 g/mol. The summed E-state index contributed by atoms with van der Waals surface area (Å²) in [5.41, 5.74) is 3.19. The number of rotatable bonds is 6. The lowest BCUT2D eigenvalue weighted by molar-refractivity contribution is -0.111. The van der Waals surface area contributed by atoms with E-state index in [2.05, 4.69) is 5.32 Å². The van der Waals surface area contributed by atoms with Crippen molar-refractivity contribution in [3.63, 3.8) is 0 Å². The first-order chi connectivity index (χ1) is 11.6. The minimum Gasteiger partial charge on any atom is -0.479 e. The van der Waals surface area contributed by atoms with Crippen molar-refractivity contribution in [2.24, 2.45) is 0 Å². The van der Waals surface area contributed by atoms with Crippen LogP contribution >= 0.6 is 0 Å². The third-order valence-electron chi connectivity index (χ3n) is 3.35. The predicted octanol–water partition coefficient (Wildman–Crippen LogP) is 3.04. The number of amides is 1. The number of nitrogens with one attached hydrogen (secondary N) is 1. The third kappa shape index (κ3) is 4.97. The van der Waals surface area contributed by atoms with Gasteiger partial charge in [-0.05, 0) is 47.9 Å². The van der Waals surface area contributed by atoms with Crippen LogP contribution in [-0.4, -0.2) is 17.6 Å². The molecule has 0 aliphatic rings. The zero-order chi connectivity index (χ0) is 17.4. The Balaban J connectivity index is 1.99. The summed E-state index contributed by atoms with van der Waals surface area (Å²) in [4.78, 5) is 12.0. The number of carbonyl (C=O) groups excluding carboxylic acids is 1. The number of hydrogen-bond donors (Lipinski definition) is 2. The van der Waals surface area contributed by atoms with Crippen LogP contribution in [0.15, 0.2) is 48.5 Å². The average Bonchev–Trinajstić information content (AvgIpc) is 2.61. The second-order valence-corrected chi connectivity index (χ2v) is 5.15. The summed E-state index contributed by atoms with van der Waals surface area (Å²) < 4.78 is 5.16. The van der Waals surface area contributed by atoms with Crippen LogP contribution in [0.4, 0.5) is 5.69 Å². The molecule has 0 aromatic heterocycles. The van der Waals surface area contributed by atoms with E-state index in [4.69, 9.17) is 15.1 Å². The fourth-order valence-electron chi connectivity index (χ4n) is 2.04. The molecule has 2 aromatic rings. The Hall–Kier alpha value is -3.10. The van der Waals surface area contributed by atoms with E-state index in [1.54, 1.807) is 36.4 Å². The normalized spacial score (nSPS) is 10.4. The van der Waals surface area contributed by atoms with E-state index in [0.717, 1.165) is 16.7 Å². The van der Waals surface area contributed by atoms with Gasteiger partial charge in [0.1, 0.15) is 11.8 Å². The summed E-state index contributed by atoms with van der Waals surface area (Å²) >= 11 is 0. The smallest absolute Gasteiger partial charge is 0.248 e. The van der Waals surface area contributed by atoms with Gasteiger partial charge in [0, 0.05) is 11.8 Å². The van der Waals surface area contributed by atoms with E-state index < -0.39 is 0 Å². The van der Waals surface area contributed by atoms with Crippen LogP contribution in [0.5, 0.6) is 5.75 Å². The van der Waals surface area contributed by atoms with Gasteiger partial charge in [-0.25, -0.2) is 0 Å². The van der Waals surface area contributed by atoms with Crippen molar-refractivity contribution in [3.8, 4) is 11.8 Å². The molecular weight excluding hydrogens is 304 g/mol. The van der Waals surface area contributed by atoms with E-state index >= 15 is 0 Å². The quantitative estimate of drug-likeness (QED) is 0.801. The summed E-state index contributed by atoms with van der Waals surface area (Å²) in [6.07, 6.45) is 3.13. The number of anilines is 1. The number of aliphatic hydroxyl groups is 1. The van der Waals surface area contributed by atoms with E-state index in [1.807, 2.05) is 25.1 Å². The van der Waals surface area contributed by atoms with Gasteiger partial charge < -0.3 is 15.2 Å². The first-order valence-corrected chi connectivity index (χ1v) is 7.41. The molecule has 0 atom stereocenters. The molecule has 5 heteroatoms. The molecule has 24 heavy (non-hydrogen) atoms. The number of ether oxygens (including phenoxy) is 1. The van der Waals surface area contributed by atoms with Gasteiger partial charge >= 0.3 is 0 Å². The highest BCUT2D eigenvalue weighted by atomic mass is 16.5. The standard InChI is InChI=1S/C19H18N2O3/c1-14-2-3-16(13-22)12-18(14)21-19(23)9-6-15-4-7-17(8-5-15)24-11-10-20/h2-9,12,22H,11,13H2,1H3,(H,21,23)/b9-6+. The monoisotopic (exact) mass is 322 g/mol. The number of aliphatic hydroxyl groups excluding tert-OH is 1. The summed E-state index contributed by atoms with van der Waals surface area (Å²) in [6, 6.07) is 14.4. The summed E-state index contributed by atoms with van der Waals surface area (Å²) in [5.74, 6) is 0.354. The van der Waals surface area contributed by atoms with Gasteiger partial charge in [0.25, 0.3) is 0 Å². The molecular formula is C19H18N2O3. The topological polar surface area (TPSA) is 82.3 Å². The van der Waals surface area contributed by atoms with E-state index in [9.17, 15) is 4.79 Å². The number of benzene rings is 2. The van der Waals surface area contributed by atoms with Gasteiger partial charge in [0.05, 0.1) is 6.61 Å². The third-order valence-corrected chi connectivity index (χ3v) is 3.35. The largest absolute Gasteiger partial charge is 0.479 e. The second kappa shape index (κ2) is 8.51. The van der Waals surface area contributed by atoms with Crippen LogP contribution in [0.25, 0.3) is 6.08 Å². The lowest BCUT2D eigenvalue weighted by Gasteiger charge is -2.08. The minimum absolute atomic E-state index is 0.00382. The highest BCUT2D eigenvalue weighted by Gasteiger charge is 2.03. The Morgan fingerprint density at radius 2 is 2.04 bits per heavy atom. The van der Waals surface area contributed by atoms with Crippen LogP contribution in [-0.2, 0) is 11.4 Å². The number of hydrogen-bond acceptors (Lipinski definition) is 4. The van der Waals surface area contributed by atoms with Crippen LogP contribution < -0.4 is 10.1 Å². The Morgan fingerprint density at radius 3 is 2.71 bits per heavy atom. The van der Waals surface area contributed by atoms with Gasteiger partial charge in [-0.1, -0.05) is 24.3 Å². The molecule has 0 bridgehead atoms. The molecule has 0 spiro atoms. The Kier molecular flexibility index (Phi) is 6.12. The van der Waals surface area contributed by atoms with Crippen molar-refractivity contribution in [1.82, 2.24) is 0 Å². The highest BCUT2D eigenvalue weighted by molar-refractivity contribution is 6.02. The molecule has 5 nitrogen and oxygen atoms in total. The lowest BCUT2D eigenvalue weighted by atomic mass is 10.1. The lowest BCUT2D eigenvalue weighted by Crippen LogP contribution is -2.09. The Labute approximate surface area is 140 Å². The minimum atomic E-state index is -0.252. The van der Waals surface area contributed by atoms with Gasteiger partial charge in [-0.3, -0.25) is 4.79 Å². The predicted molar refractivity (Wildman–Crippen MR) is 92.3 cm³/mol. The molecule has 0 radical (unpaired) electrons. The maximum atomic E-state index is 12.0. The fraction of sp³-hybridized carbons (Fsp3) is 0.158. The van der Waals surface area contributed by atoms with Crippen molar-refractivity contribution in [2.75, 3.05) is 11.9 Å². The SMILES string of the molecule is Cc1ccc(CO)cc1NC(=O)/C=C/c1ccc(OCC#N)cc1. The van der Waals surface area contributed by atoms with Crippen LogP contribution in [0.2, 0.25) is 0 Å². The highest BCUT2D eigenvalue weighted by Crippen LogP contribution is 2.17. The summed E-state index contributed by atoms with van der Waals surface area (Å²) in [5, 5.41) is 20.4. The molecule has 0 aliphatic heterocycles. The number of nitriles is 1. The van der Waals surface area contributed by atoms with Crippen molar-refractivity contribution < 1.29 is 14.6 Å². The van der Waals surface area contributed by atoms with Crippen molar-refractivity contribution in [3.05, 3.63) is 65.2 Å². The fourth-order valence-corrected chi connectivity index (χ4v) is 2.04. The molecule has 122 valence electrons. The molecule has 2 N–H and O–H groups in total. The van der Waals surface area contributed by atoms with E-state index in [0.29, 0.717) is 11.4 Å². The zero-order valence-corrected chi connectivity index (χ0v) is 13.3. The van der Waals surface area contributed by atoms with Crippen LogP contribution in [0.1, 0.15) is 16.7 Å². The molecule has 1 amide bonds. The summed E-state index contributed by atoms with van der Waals surface area (Å²) in [7, 11) is 0. The number of aryl methyl sites for hydroxylation is 1. The molecule has 0 saturated carbocycles. The van der Waals surface area contributed by atoms with Gasteiger partial charge in [0.15, 0.2) is 6.61 Å². The molecule has 0 aliphatic carbocycles. The van der Waals surface area contributed by atoms with Crippen molar-refractivity contribution >= 4 is 17.7 Å². The number of carbonyl (C=O) groups is 1. The maximum Gasteiger partial charge on any atom is 0.248 e. The molecule has 0 unspecified atom stereocenters. The molecule has 0 fully saturated rings. The Morgan fingerprint density at radius 1 is 1.29 bits per heavy atom. The first kappa shape index (κ1) is 17.3. The van der Waals surface area contributed by atoms with Crippen molar-refractivity contribution in [1.29, 1.82) is 5.26 Å².